The quantitative estimate of drug-likeness (QED) is 0.125. The van der Waals surface area contributed by atoms with Crippen LogP contribution < -0.4 is 0 Å². The van der Waals surface area contributed by atoms with Crippen LogP contribution in [0.1, 0.15) is 131 Å². The van der Waals surface area contributed by atoms with Gasteiger partial charge in [-0.05, 0) is 0 Å². The minimum absolute atomic E-state index is 0.0731. The molecule has 0 aromatic carbocycles. The molecule has 0 amide bonds. The first kappa shape index (κ1) is 42.5. The molecule has 2 rings (SSSR count). The number of unbranched alkanes of at least 4 members (excludes halogenated alkanes) is 10. The summed E-state index contributed by atoms with van der Waals surface area (Å²) in [7, 11) is 0. The van der Waals surface area contributed by atoms with Gasteiger partial charge in [0.2, 0.25) is 0 Å². The number of aliphatic hydroxyl groups is 3. The second kappa shape index (κ2) is 18.5. The van der Waals surface area contributed by atoms with E-state index in [9.17, 15) is 44.1 Å². The Morgan fingerprint density at radius 1 is 0.688 bits per heavy atom. The van der Waals surface area contributed by atoms with Gasteiger partial charge < -0.3 is 0 Å². The first-order valence-corrected chi connectivity index (χ1v) is 27.9. The van der Waals surface area contributed by atoms with Gasteiger partial charge in [0.25, 0.3) is 0 Å². The van der Waals surface area contributed by atoms with Crippen molar-refractivity contribution in [3.05, 3.63) is 0 Å². The Kier molecular flexibility index (Phi) is 16.4. The number of carbonyl (C=O) groups excluding carboxylic acids is 6. The van der Waals surface area contributed by atoms with Crippen molar-refractivity contribution in [2.45, 2.75) is 157 Å². The van der Waals surface area contributed by atoms with Crippen molar-refractivity contribution < 1.29 is 62.5 Å². The van der Waals surface area contributed by atoms with Crippen molar-refractivity contribution in [1.29, 1.82) is 0 Å². The summed E-state index contributed by atoms with van der Waals surface area (Å²) in [4.78, 5) is 77.3. The van der Waals surface area contributed by atoms with Crippen LogP contribution in [-0.2, 0) is 47.2 Å². The van der Waals surface area contributed by atoms with Crippen molar-refractivity contribution in [2.75, 3.05) is 0 Å². The zero-order chi connectivity index (χ0) is 36.2. The molecule has 0 spiro atoms. The second-order valence-corrected chi connectivity index (χ2v) is 27.5. The maximum absolute atomic E-state index is 13.4. The Hall–Kier alpha value is -1.70. The van der Waals surface area contributed by atoms with E-state index in [0.717, 1.165) is 72.1 Å². The van der Waals surface area contributed by atoms with Crippen molar-refractivity contribution in [3.8, 4) is 0 Å². The maximum atomic E-state index is 13.4. The molecule has 2 aliphatic heterocycles. The van der Waals surface area contributed by atoms with Crippen LogP contribution in [0.5, 0.6) is 0 Å². The van der Waals surface area contributed by atoms with E-state index in [2.05, 4.69) is 13.8 Å². The summed E-state index contributed by atoms with van der Waals surface area (Å²) in [6.07, 6.45) is 7.12. The van der Waals surface area contributed by atoms with Crippen molar-refractivity contribution in [3.63, 3.8) is 0 Å². The fourth-order valence-electron chi connectivity index (χ4n) is 5.12. The van der Waals surface area contributed by atoms with Gasteiger partial charge in [0.15, 0.2) is 0 Å². The van der Waals surface area contributed by atoms with Crippen LogP contribution >= 0.6 is 0 Å². The molecular formula is C31H52O15Sn2. The second-order valence-electron chi connectivity index (χ2n) is 13.3. The molecule has 2 fully saturated rings. The molecule has 0 bridgehead atoms. The molecule has 0 saturated carbocycles. The molecule has 48 heavy (non-hydrogen) atoms. The molecule has 274 valence electrons. The predicted molar refractivity (Wildman–Crippen MR) is 170 cm³/mol. The normalized spacial score (nSPS) is 28.9. The van der Waals surface area contributed by atoms with Gasteiger partial charge in [0.05, 0.1) is 0 Å². The molecule has 0 radical (unpaired) electrons. The molecule has 5 unspecified atom stereocenters. The first-order chi connectivity index (χ1) is 22.3. The first-order valence-electron chi connectivity index (χ1n) is 16.8. The van der Waals surface area contributed by atoms with Crippen LogP contribution in [0.2, 0.25) is 8.87 Å². The number of carbonyl (C=O) groups is 6. The van der Waals surface area contributed by atoms with Gasteiger partial charge in [-0.3, -0.25) is 0 Å². The fraction of sp³-hybridized carbons (Fsp3) is 0.806. The fourth-order valence-corrected chi connectivity index (χ4v) is 19.4. The van der Waals surface area contributed by atoms with Crippen LogP contribution in [0.3, 0.4) is 0 Å². The third kappa shape index (κ3) is 13.2. The van der Waals surface area contributed by atoms with E-state index in [0.29, 0.717) is 25.7 Å². The molecule has 5 atom stereocenters. The van der Waals surface area contributed by atoms with E-state index in [1.54, 1.807) is 0 Å². The Labute approximate surface area is 292 Å². The Morgan fingerprint density at radius 2 is 1.06 bits per heavy atom. The molecule has 2 heterocycles. The third-order valence-corrected chi connectivity index (χ3v) is 22.4. The molecule has 2 saturated heterocycles. The van der Waals surface area contributed by atoms with Crippen LogP contribution in [-0.4, -0.2) is 107 Å². The van der Waals surface area contributed by atoms with Crippen LogP contribution in [0.4, 0.5) is 0 Å². The summed E-state index contributed by atoms with van der Waals surface area (Å²) in [5.74, 6) is -7.10. The van der Waals surface area contributed by atoms with Gasteiger partial charge in [-0.2, -0.15) is 0 Å². The van der Waals surface area contributed by atoms with Gasteiger partial charge in [-0.15, -0.1) is 0 Å². The molecule has 15 nitrogen and oxygen atoms in total. The van der Waals surface area contributed by atoms with E-state index in [4.69, 9.17) is 18.4 Å². The predicted octanol–water partition coefficient (Wildman–Crippen LogP) is 3.29. The number of rotatable bonds is 19. The zero-order valence-electron chi connectivity index (χ0n) is 28.8. The molecular weight excluding hydrogens is 850 g/mol. The molecule has 0 aromatic heterocycles. The van der Waals surface area contributed by atoms with Crippen LogP contribution in [0, 0.1) is 0 Å². The van der Waals surface area contributed by atoms with Gasteiger partial charge in [0, 0.05) is 0 Å². The molecule has 0 aromatic rings. The Balaban J connectivity index is 2.24. The average molecular weight is 902 g/mol. The van der Waals surface area contributed by atoms with E-state index < -0.39 is 111 Å². The van der Waals surface area contributed by atoms with Crippen LogP contribution in [0.25, 0.3) is 0 Å². The van der Waals surface area contributed by atoms with E-state index >= 15 is 0 Å². The van der Waals surface area contributed by atoms with Gasteiger partial charge >= 0.3 is 294 Å². The summed E-state index contributed by atoms with van der Waals surface area (Å²) in [5.41, 5.74) is -7.08. The van der Waals surface area contributed by atoms with Crippen molar-refractivity contribution in [1.82, 2.24) is 0 Å². The van der Waals surface area contributed by atoms with Crippen molar-refractivity contribution in [2.24, 2.45) is 0 Å². The van der Waals surface area contributed by atoms with E-state index in [-0.39, 0.29) is 8.87 Å². The summed E-state index contributed by atoms with van der Waals surface area (Å²) in [5, 5.41) is 31.9. The van der Waals surface area contributed by atoms with Gasteiger partial charge in [-0.25, -0.2) is 0 Å². The standard InChI is InChI=1S/2C8H17.3C5H8O5.2Sn/c2*1-3-5-7-8-6-4-2;3*1-5(10,4(8)9)2-3(6)7;;/h2*1,3-8H2,2H3;3*10H,2H2,1H3,(H,6,7)(H,8,9);;/q;;;;;2*+3/p-6. The third-order valence-electron chi connectivity index (χ3n) is 8.01. The summed E-state index contributed by atoms with van der Waals surface area (Å²) in [6, 6.07) is 0. The molecule has 3 N–H and O–H groups in total. The van der Waals surface area contributed by atoms with E-state index in [1.165, 1.54) is 0 Å². The summed E-state index contributed by atoms with van der Waals surface area (Å²) < 4.78 is 32.7. The van der Waals surface area contributed by atoms with E-state index in [1.807, 2.05) is 0 Å². The SMILES string of the molecule is CCCCCCC[CH2][Sn]1([O]C(=O)CC(C)(O)C(=O)[O][Sn]2([CH2]CCCCCCC)[O]C(=O)CC(C)(O)C(=O)[O]2)[O]C(=O)CC(C)(O)C(=O)[O]1. The minimum atomic E-state index is -5.52. The zero-order valence-corrected chi connectivity index (χ0v) is 34.5. The van der Waals surface area contributed by atoms with Gasteiger partial charge in [-0.1, -0.05) is 0 Å². The monoisotopic (exact) mass is 904 g/mol. The molecule has 17 heteroatoms. The van der Waals surface area contributed by atoms with Crippen molar-refractivity contribution >= 4 is 75.1 Å². The summed E-state index contributed by atoms with van der Waals surface area (Å²) in [6.45, 7) is 7.19. The summed E-state index contributed by atoms with van der Waals surface area (Å²) >= 11 is -11.0. The average Bonchev–Trinajstić information content (AvgIpc) is 3.09. The number of hydrogen-bond donors (Lipinski definition) is 3. The van der Waals surface area contributed by atoms with Gasteiger partial charge in [0.1, 0.15) is 0 Å². The van der Waals surface area contributed by atoms with Crippen LogP contribution in [0.15, 0.2) is 0 Å². The Morgan fingerprint density at radius 3 is 1.48 bits per heavy atom. The molecule has 2 aliphatic rings. The number of hydrogen-bond acceptors (Lipinski definition) is 15. The molecule has 0 aliphatic carbocycles. The Bertz CT molecular complexity index is 1170. The topological polar surface area (TPSA) is 218 Å².